The van der Waals surface area contributed by atoms with Crippen molar-refractivity contribution in [3.63, 3.8) is 0 Å². The van der Waals surface area contributed by atoms with E-state index in [-0.39, 0.29) is 0 Å². The zero-order chi connectivity index (χ0) is 10.0. The fourth-order valence-electron chi connectivity index (χ4n) is 1.42. The van der Waals surface area contributed by atoms with Gasteiger partial charge in [-0.1, -0.05) is 6.08 Å². The molecule has 1 aliphatic heterocycles. The molecule has 1 rings (SSSR count). The topological polar surface area (TPSA) is 83.6 Å². The molecule has 2 unspecified atom stereocenters. The fraction of sp³-hybridized carbons (Fsp3) is 0.500. The molecule has 0 saturated carbocycles. The maximum atomic E-state index is 10.8. The average Bonchev–Trinajstić information content (AvgIpc) is 1.95. The predicted molar refractivity (Wildman–Crippen MR) is 45.9 cm³/mol. The first-order valence-corrected chi connectivity index (χ1v) is 3.98. The predicted octanol–water partition coefficient (Wildman–Crippen LogP) is -0.815. The molecule has 5 heteroatoms. The standard InChI is InChI=1S/C8H12N2O3/c1-2-5(8(12)13)10-4-3-6(10)7(9)11/h2,5-6H,1,3-4H2,(H2,9,11)(H,12,13). The molecule has 3 N–H and O–H groups in total. The number of carboxylic acid groups (broad SMARTS) is 1. The zero-order valence-corrected chi connectivity index (χ0v) is 7.14. The molecule has 0 aliphatic carbocycles. The summed E-state index contributed by atoms with van der Waals surface area (Å²) in [7, 11) is 0. The number of hydrogen-bond acceptors (Lipinski definition) is 3. The molecule has 0 aromatic carbocycles. The number of nitrogens with two attached hydrogens (primary N) is 1. The van der Waals surface area contributed by atoms with Gasteiger partial charge in [0, 0.05) is 6.54 Å². The number of carboxylic acids is 1. The Balaban J connectivity index is 2.66. The summed E-state index contributed by atoms with van der Waals surface area (Å²) in [4.78, 5) is 23.0. The van der Waals surface area contributed by atoms with E-state index in [1.807, 2.05) is 0 Å². The number of aliphatic carboxylic acids is 1. The van der Waals surface area contributed by atoms with Crippen molar-refractivity contribution in [2.24, 2.45) is 5.73 Å². The van der Waals surface area contributed by atoms with Gasteiger partial charge in [0.15, 0.2) is 0 Å². The Hall–Kier alpha value is -1.36. The molecule has 72 valence electrons. The van der Waals surface area contributed by atoms with Gasteiger partial charge in [0.2, 0.25) is 5.91 Å². The minimum Gasteiger partial charge on any atom is -0.480 e. The lowest BCUT2D eigenvalue weighted by molar-refractivity contribution is -0.146. The average molecular weight is 184 g/mol. The van der Waals surface area contributed by atoms with Gasteiger partial charge in [0.1, 0.15) is 6.04 Å². The molecule has 5 nitrogen and oxygen atoms in total. The fourth-order valence-corrected chi connectivity index (χ4v) is 1.42. The number of carbonyl (C=O) groups is 2. The van der Waals surface area contributed by atoms with E-state index in [1.165, 1.54) is 11.0 Å². The van der Waals surface area contributed by atoms with E-state index in [0.717, 1.165) is 0 Å². The molecule has 0 aromatic heterocycles. The third-order valence-electron chi connectivity index (χ3n) is 2.22. The van der Waals surface area contributed by atoms with Crippen LogP contribution >= 0.6 is 0 Å². The van der Waals surface area contributed by atoms with E-state index in [1.54, 1.807) is 0 Å². The molecule has 0 spiro atoms. The van der Waals surface area contributed by atoms with E-state index >= 15 is 0 Å². The Bertz CT molecular complexity index is 252. The van der Waals surface area contributed by atoms with E-state index in [9.17, 15) is 9.59 Å². The van der Waals surface area contributed by atoms with Crippen LogP contribution in [0, 0.1) is 0 Å². The summed E-state index contributed by atoms with van der Waals surface area (Å²) < 4.78 is 0. The highest BCUT2D eigenvalue weighted by atomic mass is 16.4. The van der Waals surface area contributed by atoms with E-state index in [2.05, 4.69) is 6.58 Å². The van der Waals surface area contributed by atoms with Crippen LogP contribution in [-0.4, -0.2) is 40.5 Å². The lowest BCUT2D eigenvalue weighted by Crippen LogP contribution is -2.60. The van der Waals surface area contributed by atoms with Gasteiger partial charge in [-0.3, -0.25) is 14.5 Å². The summed E-state index contributed by atoms with van der Waals surface area (Å²) in [6.07, 6.45) is 1.93. The minimum atomic E-state index is -0.999. The van der Waals surface area contributed by atoms with Crippen LogP contribution in [0.5, 0.6) is 0 Å². The van der Waals surface area contributed by atoms with Crippen LogP contribution in [0.15, 0.2) is 12.7 Å². The molecular formula is C8H12N2O3. The van der Waals surface area contributed by atoms with Gasteiger partial charge in [0.05, 0.1) is 6.04 Å². The first-order valence-electron chi connectivity index (χ1n) is 3.98. The van der Waals surface area contributed by atoms with Crippen LogP contribution < -0.4 is 5.73 Å². The van der Waals surface area contributed by atoms with Crippen molar-refractivity contribution in [3.8, 4) is 0 Å². The number of hydrogen-bond donors (Lipinski definition) is 2. The third-order valence-corrected chi connectivity index (χ3v) is 2.22. The molecule has 0 aromatic rings. The van der Waals surface area contributed by atoms with E-state index < -0.39 is 24.0 Å². The van der Waals surface area contributed by atoms with Crippen LogP contribution in [0.3, 0.4) is 0 Å². The van der Waals surface area contributed by atoms with Crippen molar-refractivity contribution in [2.45, 2.75) is 18.5 Å². The van der Waals surface area contributed by atoms with Crippen LogP contribution in [-0.2, 0) is 9.59 Å². The SMILES string of the molecule is C=CC(C(=O)O)N1CCC1C(N)=O. The molecule has 1 heterocycles. The number of primary amides is 1. The highest BCUT2D eigenvalue weighted by molar-refractivity contribution is 5.83. The van der Waals surface area contributed by atoms with Crippen LogP contribution in [0.2, 0.25) is 0 Å². The first-order chi connectivity index (χ1) is 6.07. The van der Waals surface area contributed by atoms with Gasteiger partial charge in [-0.25, -0.2) is 0 Å². The second kappa shape index (κ2) is 3.57. The van der Waals surface area contributed by atoms with Crippen LogP contribution in [0.4, 0.5) is 0 Å². The molecule has 1 amide bonds. The Labute approximate surface area is 75.8 Å². The molecule has 1 fully saturated rings. The first kappa shape index (κ1) is 9.73. The number of rotatable bonds is 4. The van der Waals surface area contributed by atoms with Gasteiger partial charge in [-0.05, 0) is 6.42 Å². The maximum Gasteiger partial charge on any atom is 0.324 e. The molecule has 2 atom stereocenters. The number of carbonyl (C=O) groups excluding carboxylic acids is 1. The highest BCUT2D eigenvalue weighted by Crippen LogP contribution is 2.20. The van der Waals surface area contributed by atoms with Gasteiger partial charge >= 0.3 is 5.97 Å². The zero-order valence-electron chi connectivity index (χ0n) is 7.14. The monoisotopic (exact) mass is 184 g/mol. The van der Waals surface area contributed by atoms with Crippen molar-refractivity contribution < 1.29 is 14.7 Å². The van der Waals surface area contributed by atoms with Crippen molar-refractivity contribution in [1.82, 2.24) is 4.90 Å². The van der Waals surface area contributed by atoms with Gasteiger partial charge in [0.25, 0.3) is 0 Å². The van der Waals surface area contributed by atoms with Crippen molar-refractivity contribution in [3.05, 3.63) is 12.7 Å². The molecule has 0 radical (unpaired) electrons. The summed E-state index contributed by atoms with van der Waals surface area (Å²) >= 11 is 0. The molecule has 1 saturated heterocycles. The summed E-state index contributed by atoms with van der Waals surface area (Å²) in [5, 5.41) is 8.74. The summed E-state index contributed by atoms with van der Waals surface area (Å²) in [5.74, 6) is -1.47. The second-order valence-corrected chi connectivity index (χ2v) is 2.96. The van der Waals surface area contributed by atoms with Gasteiger partial charge in [-0.15, -0.1) is 6.58 Å². The van der Waals surface area contributed by atoms with Gasteiger partial charge < -0.3 is 10.8 Å². The normalized spacial score (nSPS) is 24.5. The quantitative estimate of drug-likeness (QED) is 0.559. The molecule has 1 aliphatic rings. The largest absolute Gasteiger partial charge is 0.480 e. The smallest absolute Gasteiger partial charge is 0.324 e. The van der Waals surface area contributed by atoms with Crippen molar-refractivity contribution >= 4 is 11.9 Å². The lowest BCUT2D eigenvalue weighted by atomic mass is 9.99. The second-order valence-electron chi connectivity index (χ2n) is 2.96. The highest BCUT2D eigenvalue weighted by Gasteiger charge is 2.39. The Morgan fingerprint density at radius 3 is 2.54 bits per heavy atom. The summed E-state index contributed by atoms with van der Waals surface area (Å²) in [6, 6.07) is -1.25. The Morgan fingerprint density at radius 1 is 1.69 bits per heavy atom. The van der Waals surface area contributed by atoms with Crippen LogP contribution in [0.1, 0.15) is 6.42 Å². The lowest BCUT2D eigenvalue weighted by Gasteiger charge is -2.41. The van der Waals surface area contributed by atoms with Crippen molar-refractivity contribution in [1.29, 1.82) is 0 Å². The minimum absolute atomic E-state index is 0.445. The van der Waals surface area contributed by atoms with E-state index in [4.69, 9.17) is 10.8 Å². The number of likely N-dealkylation sites (tertiary alicyclic amines) is 1. The molecule has 13 heavy (non-hydrogen) atoms. The molecule has 0 bridgehead atoms. The van der Waals surface area contributed by atoms with E-state index in [0.29, 0.717) is 13.0 Å². The van der Waals surface area contributed by atoms with Crippen LogP contribution in [0.25, 0.3) is 0 Å². The Morgan fingerprint density at radius 2 is 2.31 bits per heavy atom. The molecular weight excluding hydrogens is 172 g/mol. The summed E-state index contributed by atoms with van der Waals surface area (Å²) in [5.41, 5.74) is 5.07. The Kier molecular flexibility index (Phi) is 2.67. The van der Waals surface area contributed by atoms with Crippen molar-refractivity contribution in [2.75, 3.05) is 6.54 Å². The summed E-state index contributed by atoms with van der Waals surface area (Å²) in [6.45, 7) is 3.98. The third kappa shape index (κ3) is 1.70. The van der Waals surface area contributed by atoms with Gasteiger partial charge in [-0.2, -0.15) is 0 Å². The number of amides is 1. The maximum absolute atomic E-state index is 10.8. The number of nitrogens with zero attached hydrogens (tertiary/aromatic N) is 1.